The molecule has 0 saturated heterocycles. The fourth-order valence-corrected chi connectivity index (χ4v) is 2.05. The molecule has 1 N–H and O–H groups in total. The highest BCUT2D eigenvalue weighted by Crippen LogP contribution is 2.19. The zero-order valence-corrected chi connectivity index (χ0v) is 10.1. The lowest BCUT2D eigenvalue weighted by Gasteiger charge is -2.12. The Labute approximate surface area is 103 Å². The fraction of sp³-hybridized carbons (Fsp3) is 0.417. The van der Waals surface area contributed by atoms with E-state index in [1.807, 2.05) is 13.0 Å². The van der Waals surface area contributed by atoms with Crippen LogP contribution in [-0.2, 0) is 11.2 Å². The predicted octanol–water partition coefficient (Wildman–Crippen LogP) is 0.784. The molecule has 6 nitrogen and oxygen atoms in total. The van der Waals surface area contributed by atoms with Gasteiger partial charge in [-0.05, 0) is 12.0 Å². The first-order valence-corrected chi connectivity index (χ1v) is 6.03. The molecule has 0 spiro atoms. The lowest BCUT2D eigenvalue weighted by atomic mass is 10.1. The van der Waals surface area contributed by atoms with Crippen LogP contribution in [0, 0.1) is 0 Å². The van der Waals surface area contributed by atoms with Gasteiger partial charge in [0.15, 0.2) is 11.3 Å². The van der Waals surface area contributed by atoms with Crippen LogP contribution >= 0.6 is 0 Å². The van der Waals surface area contributed by atoms with Crippen LogP contribution in [0.2, 0.25) is 0 Å². The molecule has 0 bridgehead atoms. The molecule has 0 fully saturated rings. The molecule has 2 aromatic rings. The number of H-pyrrole nitrogens is 1. The third kappa shape index (κ3) is 1.74. The number of aromatic amines is 1. The molecule has 6 heteroatoms. The summed E-state index contributed by atoms with van der Waals surface area (Å²) in [6.45, 7) is 3.23. The Morgan fingerprint density at radius 2 is 2.44 bits per heavy atom. The van der Waals surface area contributed by atoms with Crippen molar-refractivity contribution in [1.29, 1.82) is 0 Å². The van der Waals surface area contributed by atoms with Gasteiger partial charge in [-0.1, -0.05) is 13.0 Å². The second kappa shape index (κ2) is 4.38. The van der Waals surface area contributed by atoms with E-state index in [-0.39, 0.29) is 5.56 Å². The molecule has 0 amide bonds. The van der Waals surface area contributed by atoms with Crippen LogP contribution in [0.25, 0.3) is 11.1 Å². The molecule has 2 aromatic heterocycles. The van der Waals surface area contributed by atoms with Crippen LogP contribution in [0.4, 0.5) is 0 Å². The quantitative estimate of drug-likeness (QED) is 0.850. The van der Waals surface area contributed by atoms with Gasteiger partial charge >= 0.3 is 0 Å². The summed E-state index contributed by atoms with van der Waals surface area (Å²) in [5.74, 6) is 1.41. The Kier molecular flexibility index (Phi) is 2.71. The monoisotopic (exact) mass is 246 g/mol. The summed E-state index contributed by atoms with van der Waals surface area (Å²) in [6.07, 6.45) is 5.05. The molecule has 0 aliphatic carbocycles. The summed E-state index contributed by atoms with van der Waals surface area (Å²) in [6, 6.07) is 0. The van der Waals surface area contributed by atoms with E-state index in [1.54, 1.807) is 10.7 Å². The Balaban J connectivity index is 2.21. The summed E-state index contributed by atoms with van der Waals surface area (Å²) >= 11 is 0. The molecule has 0 aromatic carbocycles. The van der Waals surface area contributed by atoms with Gasteiger partial charge in [0.25, 0.3) is 5.56 Å². The zero-order chi connectivity index (χ0) is 12.5. The van der Waals surface area contributed by atoms with Gasteiger partial charge in [0.05, 0.1) is 19.4 Å². The summed E-state index contributed by atoms with van der Waals surface area (Å²) in [5, 5.41) is 4.41. The van der Waals surface area contributed by atoms with E-state index < -0.39 is 0 Å². The summed E-state index contributed by atoms with van der Waals surface area (Å²) in [4.78, 5) is 18.9. The highest BCUT2D eigenvalue weighted by atomic mass is 16.5. The van der Waals surface area contributed by atoms with E-state index in [4.69, 9.17) is 4.74 Å². The average molecular weight is 246 g/mol. The van der Waals surface area contributed by atoms with Gasteiger partial charge in [0.2, 0.25) is 0 Å². The van der Waals surface area contributed by atoms with E-state index in [0.29, 0.717) is 31.0 Å². The number of nitrogens with zero attached hydrogens (tertiary/aromatic N) is 3. The van der Waals surface area contributed by atoms with Crippen LogP contribution in [-0.4, -0.2) is 32.8 Å². The Hall–Kier alpha value is -1.95. The number of aromatic nitrogens is 4. The number of aryl methyl sites for hydroxylation is 1. The molecular weight excluding hydrogens is 232 g/mol. The van der Waals surface area contributed by atoms with Crippen LogP contribution < -0.4 is 5.56 Å². The molecule has 0 unspecified atom stereocenters. The first kappa shape index (κ1) is 11.2. The fourth-order valence-electron chi connectivity index (χ4n) is 2.05. The van der Waals surface area contributed by atoms with Gasteiger partial charge in [-0.15, -0.1) is 0 Å². The van der Waals surface area contributed by atoms with Crippen molar-refractivity contribution >= 4 is 11.1 Å². The Bertz CT molecular complexity index is 668. The lowest BCUT2D eigenvalue weighted by molar-refractivity contribution is 0.161. The molecule has 3 rings (SSSR count). The SMILES string of the molecule is CCc1nn2c(C3=CCOCC3)ncc2c(=O)[nH]1. The minimum Gasteiger partial charge on any atom is -0.377 e. The van der Waals surface area contributed by atoms with Crippen LogP contribution in [0.3, 0.4) is 0 Å². The minimum absolute atomic E-state index is 0.145. The van der Waals surface area contributed by atoms with Crippen LogP contribution in [0.15, 0.2) is 17.1 Å². The topological polar surface area (TPSA) is 72.3 Å². The number of imidazole rings is 1. The van der Waals surface area contributed by atoms with Crippen molar-refractivity contribution in [1.82, 2.24) is 19.6 Å². The molecule has 18 heavy (non-hydrogen) atoms. The number of ether oxygens (including phenoxy) is 1. The molecular formula is C12H14N4O2. The van der Waals surface area contributed by atoms with E-state index in [1.165, 1.54) is 0 Å². The van der Waals surface area contributed by atoms with Crippen LogP contribution in [0.1, 0.15) is 25.0 Å². The predicted molar refractivity (Wildman–Crippen MR) is 66.4 cm³/mol. The number of rotatable bonds is 2. The molecule has 0 radical (unpaired) electrons. The van der Waals surface area contributed by atoms with E-state index in [9.17, 15) is 4.79 Å². The van der Waals surface area contributed by atoms with E-state index in [2.05, 4.69) is 15.1 Å². The summed E-state index contributed by atoms with van der Waals surface area (Å²) < 4.78 is 6.91. The number of hydrogen-bond donors (Lipinski definition) is 1. The van der Waals surface area contributed by atoms with Crippen molar-refractivity contribution in [3.05, 3.63) is 34.3 Å². The van der Waals surface area contributed by atoms with Crippen molar-refractivity contribution in [3.8, 4) is 0 Å². The van der Waals surface area contributed by atoms with E-state index >= 15 is 0 Å². The molecule has 1 aliphatic heterocycles. The Morgan fingerprint density at radius 3 is 3.17 bits per heavy atom. The zero-order valence-electron chi connectivity index (χ0n) is 10.1. The van der Waals surface area contributed by atoms with Crippen molar-refractivity contribution in [3.63, 3.8) is 0 Å². The molecule has 0 atom stereocenters. The van der Waals surface area contributed by atoms with Crippen molar-refractivity contribution in [2.45, 2.75) is 19.8 Å². The Morgan fingerprint density at radius 1 is 1.56 bits per heavy atom. The number of fused-ring (bicyclic) bond motifs is 1. The molecule has 94 valence electrons. The molecule has 3 heterocycles. The maximum absolute atomic E-state index is 11.9. The third-order valence-corrected chi connectivity index (χ3v) is 3.03. The van der Waals surface area contributed by atoms with Crippen molar-refractivity contribution in [2.24, 2.45) is 0 Å². The largest absolute Gasteiger partial charge is 0.377 e. The first-order valence-electron chi connectivity index (χ1n) is 6.03. The second-order valence-electron chi connectivity index (χ2n) is 4.19. The first-order chi connectivity index (χ1) is 8.79. The average Bonchev–Trinajstić information content (AvgIpc) is 2.84. The standard InChI is InChI=1S/C12H14N4O2/c1-2-10-14-12(17)9-7-13-11(16(9)15-10)8-3-5-18-6-4-8/h3,7H,2,4-6H2,1H3,(H,14,15,17). The van der Waals surface area contributed by atoms with Gasteiger partial charge in [0, 0.05) is 6.42 Å². The van der Waals surface area contributed by atoms with Crippen molar-refractivity contribution < 1.29 is 4.74 Å². The van der Waals surface area contributed by atoms with Gasteiger partial charge in [0.1, 0.15) is 5.82 Å². The summed E-state index contributed by atoms with van der Waals surface area (Å²) in [5.41, 5.74) is 1.42. The smallest absolute Gasteiger partial charge is 0.276 e. The molecule has 1 aliphatic rings. The van der Waals surface area contributed by atoms with Crippen LogP contribution in [0.5, 0.6) is 0 Å². The maximum Gasteiger partial charge on any atom is 0.276 e. The van der Waals surface area contributed by atoms with Gasteiger partial charge in [-0.25, -0.2) is 9.50 Å². The highest BCUT2D eigenvalue weighted by Gasteiger charge is 2.15. The van der Waals surface area contributed by atoms with Gasteiger partial charge < -0.3 is 9.72 Å². The van der Waals surface area contributed by atoms with E-state index in [0.717, 1.165) is 17.8 Å². The number of nitrogens with one attached hydrogen (secondary N) is 1. The number of hydrogen-bond acceptors (Lipinski definition) is 4. The molecule has 0 saturated carbocycles. The lowest BCUT2D eigenvalue weighted by Crippen LogP contribution is -2.17. The summed E-state index contributed by atoms with van der Waals surface area (Å²) in [7, 11) is 0. The maximum atomic E-state index is 11.9. The van der Waals surface area contributed by atoms with Crippen molar-refractivity contribution in [2.75, 3.05) is 13.2 Å². The van der Waals surface area contributed by atoms with Gasteiger partial charge in [-0.3, -0.25) is 4.79 Å². The highest BCUT2D eigenvalue weighted by molar-refractivity contribution is 5.64. The normalized spacial score (nSPS) is 15.9. The second-order valence-corrected chi connectivity index (χ2v) is 4.19. The third-order valence-electron chi connectivity index (χ3n) is 3.03. The minimum atomic E-state index is -0.145. The van der Waals surface area contributed by atoms with Gasteiger partial charge in [-0.2, -0.15) is 5.10 Å².